The molecule has 1 aromatic heterocycles. The van der Waals surface area contributed by atoms with Crippen LogP contribution in [0.5, 0.6) is 0 Å². The Hall–Kier alpha value is -1.85. The van der Waals surface area contributed by atoms with E-state index in [2.05, 4.69) is 26.1 Å². The van der Waals surface area contributed by atoms with E-state index in [1.54, 1.807) is 12.1 Å². The summed E-state index contributed by atoms with van der Waals surface area (Å²) in [5, 5.41) is 4.20. The molecule has 0 aliphatic heterocycles. The molecule has 4 nitrogen and oxygen atoms in total. The highest BCUT2D eigenvalue weighted by atomic mass is 35.5. The number of benzene rings is 1. The molecule has 1 atom stereocenters. The van der Waals surface area contributed by atoms with Gasteiger partial charge in [0.05, 0.1) is 19.1 Å². The van der Waals surface area contributed by atoms with Crippen LogP contribution in [-0.4, -0.2) is 19.0 Å². The molecule has 0 radical (unpaired) electrons. The van der Waals surface area contributed by atoms with Crippen molar-refractivity contribution >= 4 is 39.8 Å². The number of fused-ring (bicyclic) bond motifs is 1. The van der Waals surface area contributed by atoms with Gasteiger partial charge in [-0.2, -0.15) is 0 Å². The molecule has 0 saturated heterocycles. The van der Waals surface area contributed by atoms with Gasteiger partial charge in [-0.1, -0.05) is 50.9 Å². The Labute approximate surface area is 181 Å². The van der Waals surface area contributed by atoms with Crippen molar-refractivity contribution < 1.29 is 14.3 Å². The fourth-order valence-corrected chi connectivity index (χ4v) is 5.36. The third-order valence-corrected chi connectivity index (χ3v) is 7.62. The highest BCUT2D eigenvalue weighted by molar-refractivity contribution is 7.17. The number of thiophene rings is 1. The van der Waals surface area contributed by atoms with Gasteiger partial charge in [-0.25, -0.2) is 4.79 Å². The number of carbonyl (C=O) groups is 2. The smallest absolute Gasteiger partial charge is 0.341 e. The number of methoxy groups -OCH3 is 1. The molecule has 3 rings (SSSR count). The molecule has 0 bridgehead atoms. The van der Waals surface area contributed by atoms with Crippen LogP contribution >= 0.6 is 22.9 Å². The topological polar surface area (TPSA) is 55.4 Å². The minimum Gasteiger partial charge on any atom is -0.465 e. The minimum atomic E-state index is -0.377. The van der Waals surface area contributed by atoms with Crippen molar-refractivity contribution in [3.8, 4) is 0 Å². The number of nitrogens with one attached hydrogen (secondary N) is 1. The SMILES string of the molecule is CCC(C)(C)C1CCc2c(sc(NC(=O)Cc3ccc(Cl)cc3)c2C(=O)OC)C1. The molecule has 0 spiro atoms. The van der Waals surface area contributed by atoms with E-state index in [1.807, 2.05) is 12.1 Å². The largest absolute Gasteiger partial charge is 0.465 e. The number of carbonyl (C=O) groups excluding carboxylic acids is 2. The normalized spacial score (nSPS) is 16.2. The zero-order valence-electron chi connectivity index (χ0n) is 17.4. The first-order valence-electron chi connectivity index (χ1n) is 10.0. The van der Waals surface area contributed by atoms with Gasteiger partial charge in [0.25, 0.3) is 0 Å². The highest BCUT2D eigenvalue weighted by Crippen LogP contribution is 2.45. The summed E-state index contributed by atoms with van der Waals surface area (Å²) in [6.07, 6.45) is 4.18. The number of hydrogen-bond acceptors (Lipinski definition) is 4. The van der Waals surface area contributed by atoms with E-state index < -0.39 is 0 Å². The van der Waals surface area contributed by atoms with Gasteiger partial charge in [-0.15, -0.1) is 11.3 Å². The van der Waals surface area contributed by atoms with Crippen LogP contribution in [0.25, 0.3) is 0 Å². The van der Waals surface area contributed by atoms with Gasteiger partial charge in [-0.3, -0.25) is 4.79 Å². The standard InChI is InChI=1S/C23H28ClNO3S/c1-5-23(2,3)15-8-11-17-18(13-15)29-21(20(17)22(27)28-4)25-19(26)12-14-6-9-16(24)10-7-14/h6-7,9-10,15H,5,8,11-13H2,1-4H3,(H,25,26). The predicted molar refractivity (Wildman–Crippen MR) is 119 cm³/mol. The lowest BCUT2D eigenvalue weighted by Gasteiger charge is -2.36. The van der Waals surface area contributed by atoms with Gasteiger partial charge >= 0.3 is 5.97 Å². The monoisotopic (exact) mass is 433 g/mol. The van der Waals surface area contributed by atoms with E-state index in [9.17, 15) is 9.59 Å². The summed E-state index contributed by atoms with van der Waals surface area (Å²) in [6, 6.07) is 7.20. The van der Waals surface area contributed by atoms with Crippen LogP contribution in [0.15, 0.2) is 24.3 Å². The average Bonchev–Trinajstić information content (AvgIpc) is 3.05. The van der Waals surface area contributed by atoms with Crippen LogP contribution in [0, 0.1) is 11.3 Å². The molecular weight excluding hydrogens is 406 g/mol. The van der Waals surface area contributed by atoms with E-state index in [0.717, 1.165) is 36.8 Å². The molecule has 1 unspecified atom stereocenters. The Morgan fingerprint density at radius 1 is 1.28 bits per heavy atom. The first kappa shape index (κ1) is 21.8. The number of anilines is 1. The molecular formula is C23H28ClNO3S. The summed E-state index contributed by atoms with van der Waals surface area (Å²) in [5.74, 6) is 0.0424. The zero-order chi connectivity index (χ0) is 21.2. The Bertz CT molecular complexity index is 902. The van der Waals surface area contributed by atoms with Crippen LogP contribution in [-0.2, 0) is 28.8 Å². The van der Waals surface area contributed by atoms with Gasteiger partial charge in [0.2, 0.25) is 5.91 Å². The Morgan fingerprint density at radius 3 is 2.59 bits per heavy atom. The van der Waals surface area contributed by atoms with Crippen LogP contribution in [0.1, 0.15) is 60.0 Å². The third kappa shape index (κ3) is 4.84. The molecule has 0 fully saturated rings. The second-order valence-electron chi connectivity index (χ2n) is 8.33. The van der Waals surface area contributed by atoms with Gasteiger partial charge in [0.1, 0.15) is 5.00 Å². The number of esters is 1. The summed E-state index contributed by atoms with van der Waals surface area (Å²) in [5.41, 5.74) is 2.71. The quantitative estimate of drug-likeness (QED) is 0.576. The molecule has 1 N–H and O–H groups in total. The number of halogens is 1. The lowest BCUT2D eigenvalue weighted by Crippen LogP contribution is -2.28. The summed E-state index contributed by atoms with van der Waals surface area (Å²) < 4.78 is 5.03. The predicted octanol–water partition coefficient (Wildman–Crippen LogP) is 5.91. The maximum Gasteiger partial charge on any atom is 0.341 e. The molecule has 1 aromatic carbocycles. The maximum atomic E-state index is 12.6. The van der Waals surface area contributed by atoms with Gasteiger partial charge in [0.15, 0.2) is 0 Å². The molecule has 1 aliphatic carbocycles. The van der Waals surface area contributed by atoms with E-state index in [4.69, 9.17) is 16.3 Å². The summed E-state index contributed by atoms with van der Waals surface area (Å²) in [7, 11) is 1.39. The Kier molecular flexibility index (Phi) is 6.69. The molecule has 6 heteroatoms. The van der Waals surface area contributed by atoms with E-state index in [1.165, 1.54) is 23.3 Å². The lowest BCUT2D eigenvalue weighted by molar-refractivity contribution is -0.115. The molecule has 1 amide bonds. The van der Waals surface area contributed by atoms with Crippen LogP contribution < -0.4 is 5.32 Å². The fourth-order valence-electron chi connectivity index (χ4n) is 3.91. The Balaban J connectivity index is 1.84. The summed E-state index contributed by atoms with van der Waals surface area (Å²) in [4.78, 5) is 26.3. The van der Waals surface area contributed by atoms with Gasteiger partial charge in [0, 0.05) is 9.90 Å². The second kappa shape index (κ2) is 8.88. The van der Waals surface area contributed by atoms with Crippen molar-refractivity contribution in [2.45, 2.75) is 52.9 Å². The van der Waals surface area contributed by atoms with Crippen molar-refractivity contribution in [3.63, 3.8) is 0 Å². The maximum absolute atomic E-state index is 12.6. The highest BCUT2D eigenvalue weighted by Gasteiger charge is 2.35. The summed E-state index contributed by atoms with van der Waals surface area (Å²) >= 11 is 7.43. The van der Waals surface area contributed by atoms with Gasteiger partial charge in [-0.05, 0) is 53.9 Å². The van der Waals surface area contributed by atoms with E-state index in [-0.39, 0.29) is 23.7 Å². The van der Waals surface area contributed by atoms with Crippen molar-refractivity contribution in [2.24, 2.45) is 11.3 Å². The molecule has 156 valence electrons. The van der Waals surface area contributed by atoms with Crippen molar-refractivity contribution in [1.29, 1.82) is 0 Å². The Morgan fingerprint density at radius 2 is 1.97 bits per heavy atom. The number of ether oxygens (including phenoxy) is 1. The van der Waals surface area contributed by atoms with Crippen molar-refractivity contribution in [2.75, 3.05) is 12.4 Å². The average molecular weight is 434 g/mol. The molecule has 1 aliphatic rings. The van der Waals surface area contributed by atoms with E-state index in [0.29, 0.717) is 21.5 Å². The first-order valence-corrected chi connectivity index (χ1v) is 11.2. The molecule has 1 heterocycles. The van der Waals surface area contributed by atoms with Crippen LogP contribution in [0.4, 0.5) is 5.00 Å². The van der Waals surface area contributed by atoms with Crippen molar-refractivity contribution in [3.05, 3.63) is 50.9 Å². The van der Waals surface area contributed by atoms with E-state index >= 15 is 0 Å². The zero-order valence-corrected chi connectivity index (χ0v) is 19.0. The molecule has 0 saturated carbocycles. The van der Waals surface area contributed by atoms with Crippen LogP contribution in [0.3, 0.4) is 0 Å². The van der Waals surface area contributed by atoms with Crippen LogP contribution in [0.2, 0.25) is 5.02 Å². The number of amides is 1. The number of hydrogen-bond donors (Lipinski definition) is 1. The third-order valence-electron chi connectivity index (χ3n) is 6.20. The molecule has 2 aromatic rings. The van der Waals surface area contributed by atoms with Crippen molar-refractivity contribution in [1.82, 2.24) is 0 Å². The van der Waals surface area contributed by atoms with Gasteiger partial charge < -0.3 is 10.1 Å². The lowest BCUT2D eigenvalue weighted by atomic mass is 9.69. The first-order chi connectivity index (χ1) is 13.7. The second-order valence-corrected chi connectivity index (χ2v) is 9.87. The summed E-state index contributed by atoms with van der Waals surface area (Å²) in [6.45, 7) is 6.85. The fraction of sp³-hybridized carbons (Fsp3) is 0.478. The molecule has 29 heavy (non-hydrogen) atoms. The number of rotatable bonds is 6. The minimum absolute atomic E-state index is 0.151.